The van der Waals surface area contributed by atoms with Crippen LogP contribution in [0.25, 0.3) is 0 Å². The zero-order valence-electron chi connectivity index (χ0n) is 21.5. The molecule has 0 saturated carbocycles. The Kier molecular flexibility index (Phi) is 12.0. The van der Waals surface area contributed by atoms with E-state index in [0.717, 1.165) is 12.8 Å². The van der Waals surface area contributed by atoms with Gasteiger partial charge in [0.2, 0.25) is 11.9 Å². The van der Waals surface area contributed by atoms with Crippen molar-refractivity contribution < 1.29 is 36.5 Å². The summed E-state index contributed by atoms with van der Waals surface area (Å²) in [5.74, 6) is -0.938. The molecular weight excluding hydrogens is 516 g/mol. The lowest BCUT2D eigenvalue weighted by Gasteiger charge is -2.14. The molecule has 0 bridgehead atoms. The van der Waals surface area contributed by atoms with Gasteiger partial charge in [0.05, 0.1) is 24.6 Å². The number of benzene rings is 2. The quantitative estimate of drug-likeness (QED) is 0.161. The fourth-order valence-electron chi connectivity index (χ4n) is 2.80. The highest BCUT2D eigenvalue weighted by Gasteiger charge is 2.18. The number of anilines is 1. The topological polar surface area (TPSA) is 161 Å². The molecule has 0 radical (unpaired) electrons. The zero-order valence-corrected chi connectivity index (χ0v) is 22.3. The molecule has 0 aromatic heterocycles. The van der Waals surface area contributed by atoms with E-state index in [4.69, 9.17) is 13.7 Å². The molecule has 0 heterocycles. The normalized spacial score (nSPS) is 10.6. The number of nitrogens with zero attached hydrogens (tertiary/aromatic N) is 1. The first-order valence-corrected chi connectivity index (χ1v) is 13.4. The van der Waals surface area contributed by atoms with Crippen LogP contribution in [0.5, 0.6) is 5.75 Å². The summed E-state index contributed by atoms with van der Waals surface area (Å²) in [4.78, 5) is 40.4. The van der Waals surface area contributed by atoms with E-state index in [0.29, 0.717) is 12.8 Å². The molecule has 12 nitrogen and oxygen atoms in total. The van der Waals surface area contributed by atoms with Crippen molar-refractivity contribution in [2.45, 2.75) is 51.3 Å². The summed E-state index contributed by atoms with van der Waals surface area (Å²) in [5, 5.41) is 7.20. The van der Waals surface area contributed by atoms with E-state index in [1.807, 2.05) is 13.8 Å². The van der Waals surface area contributed by atoms with Crippen LogP contribution in [0, 0.1) is 0 Å². The SMILES string of the molecule is CCCCOC(=O)NC(=Nc1cc(OS(=O)(=O)c2ccccc2)ccc1NC(C)=O)NC(=O)OCCCC. The van der Waals surface area contributed by atoms with Crippen molar-refractivity contribution in [1.29, 1.82) is 0 Å². The monoisotopic (exact) mass is 548 g/mol. The lowest BCUT2D eigenvalue weighted by Crippen LogP contribution is -2.44. The molecule has 0 saturated heterocycles. The van der Waals surface area contributed by atoms with Crippen molar-refractivity contribution in [2.24, 2.45) is 4.99 Å². The van der Waals surface area contributed by atoms with E-state index < -0.39 is 28.2 Å². The number of nitrogens with one attached hydrogen (secondary N) is 3. The highest BCUT2D eigenvalue weighted by Crippen LogP contribution is 2.31. The highest BCUT2D eigenvalue weighted by atomic mass is 32.2. The van der Waals surface area contributed by atoms with Gasteiger partial charge in [-0.3, -0.25) is 15.4 Å². The molecule has 3 amide bonds. The minimum Gasteiger partial charge on any atom is -0.449 e. The van der Waals surface area contributed by atoms with Gasteiger partial charge in [0.1, 0.15) is 10.6 Å². The molecule has 0 atom stereocenters. The standard InChI is InChI=1S/C25H32N4O8S/c1-4-6-15-35-24(31)28-23(29-25(32)36-16-7-5-2)27-22-17-19(13-14-21(22)26-18(3)30)37-38(33,34)20-11-9-8-10-12-20/h8-14,17H,4-7,15-16H2,1-3H3,(H,26,30)(H2,27,28,29,31,32). The number of guanidine groups is 1. The van der Waals surface area contributed by atoms with Gasteiger partial charge >= 0.3 is 22.3 Å². The number of aliphatic imine (C=N–C) groups is 1. The minimum absolute atomic E-state index is 0.0290. The Morgan fingerprint density at radius 2 is 1.45 bits per heavy atom. The number of hydrogen-bond donors (Lipinski definition) is 3. The van der Waals surface area contributed by atoms with Gasteiger partial charge in [-0.1, -0.05) is 44.9 Å². The zero-order chi connectivity index (χ0) is 28.0. The molecule has 13 heteroatoms. The van der Waals surface area contributed by atoms with Crippen LogP contribution in [0.15, 0.2) is 58.4 Å². The van der Waals surface area contributed by atoms with Gasteiger partial charge in [0.25, 0.3) is 0 Å². The molecule has 2 rings (SSSR count). The van der Waals surface area contributed by atoms with Gasteiger partial charge in [-0.05, 0) is 37.1 Å². The fourth-order valence-corrected chi connectivity index (χ4v) is 3.75. The number of rotatable bonds is 11. The Morgan fingerprint density at radius 3 is 1.97 bits per heavy atom. The van der Waals surface area contributed by atoms with Gasteiger partial charge in [0, 0.05) is 13.0 Å². The van der Waals surface area contributed by atoms with Crippen molar-refractivity contribution >= 4 is 45.5 Å². The molecule has 206 valence electrons. The predicted molar refractivity (Wildman–Crippen MR) is 141 cm³/mol. The first-order chi connectivity index (χ1) is 18.1. The summed E-state index contributed by atoms with van der Waals surface area (Å²) < 4.78 is 40.7. The summed E-state index contributed by atoms with van der Waals surface area (Å²) >= 11 is 0. The van der Waals surface area contributed by atoms with Crippen LogP contribution < -0.4 is 20.1 Å². The summed E-state index contributed by atoms with van der Waals surface area (Å²) in [7, 11) is -4.17. The van der Waals surface area contributed by atoms with Gasteiger partial charge in [-0.25, -0.2) is 14.6 Å². The third kappa shape index (κ3) is 10.5. The van der Waals surface area contributed by atoms with Crippen LogP contribution in [-0.4, -0.2) is 45.7 Å². The molecular formula is C25H32N4O8S. The molecule has 0 spiro atoms. The van der Waals surface area contributed by atoms with E-state index in [2.05, 4.69) is 20.9 Å². The second-order valence-electron chi connectivity index (χ2n) is 7.90. The van der Waals surface area contributed by atoms with E-state index in [1.165, 1.54) is 37.3 Å². The summed E-state index contributed by atoms with van der Waals surface area (Å²) in [6.07, 6.45) is 1.10. The molecule has 0 aliphatic carbocycles. The Bertz CT molecular complexity index is 1210. The average molecular weight is 549 g/mol. The number of amides is 3. The number of ether oxygens (including phenoxy) is 2. The maximum Gasteiger partial charge on any atom is 0.413 e. The molecule has 0 aliphatic heterocycles. The molecule has 3 N–H and O–H groups in total. The van der Waals surface area contributed by atoms with Crippen molar-refractivity contribution in [1.82, 2.24) is 10.6 Å². The molecule has 2 aromatic rings. The maximum atomic E-state index is 12.7. The van der Waals surface area contributed by atoms with Crippen LogP contribution in [0.1, 0.15) is 46.5 Å². The Morgan fingerprint density at radius 1 is 0.868 bits per heavy atom. The van der Waals surface area contributed by atoms with Crippen molar-refractivity contribution in [3.8, 4) is 5.75 Å². The Labute approximate surface area is 221 Å². The van der Waals surface area contributed by atoms with Crippen LogP contribution in [0.2, 0.25) is 0 Å². The minimum atomic E-state index is -4.17. The summed E-state index contributed by atoms with van der Waals surface area (Å²) in [5.41, 5.74) is 0.125. The number of alkyl carbamates (subject to hydrolysis) is 2. The molecule has 38 heavy (non-hydrogen) atoms. The fraction of sp³-hybridized carbons (Fsp3) is 0.360. The summed E-state index contributed by atoms with van der Waals surface area (Å²) in [6, 6.07) is 11.4. The van der Waals surface area contributed by atoms with Gasteiger partial charge in [0.15, 0.2) is 0 Å². The van der Waals surface area contributed by atoms with Crippen LogP contribution in [0.4, 0.5) is 21.0 Å². The average Bonchev–Trinajstić information content (AvgIpc) is 2.86. The number of hydrogen-bond acceptors (Lipinski definition) is 9. The second-order valence-corrected chi connectivity index (χ2v) is 9.45. The Balaban J connectivity index is 2.41. The van der Waals surface area contributed by atoms with E-state index >= 15 is 0 Å². The van der Waals surface area contributed by atoms with Gasteiger partial charge in [-0.2, -0.15) is 8.42 Å². The van der Waals surface area contributed by atoms with E-state index in [9.17, 15) is 22.8 Å². The molecule has 0 fully saturated rings. The Hall–Kier alpha value is -4.13. The first kappa shape index (κ1) is 30.1. The maximum absolute atomic E-state index is 12.7. The van der Waals surface area contributed by atoms with Gasteiger partial charge in [-0.15, -0.1) is 0 Å². The van der Waals surface area contributed by atoms with Crippen LogP contribution in [0.3, 0.4) is 0 Å². The lowest BCUT2D eigenvalue weighted by atomic mass is 10.2. The highest BCUT2D eigenvalue weighted by molar-refractivity contribution is 7.87. The predicted octanol–water partition coefficient (Wildman–Crippen LogP) is 4.45. The van der Waals surface area contributed by atoms with Crippen LogP contribution >= 0.6 is 0 Å². The number of carbonyl (C=O) groups excluding carboxylic acids is 3. The third-order valence-electron chi connectivity index (χ3n) is 4.65. The largest absolute Gasteiger partial charge is 0.449 e. The van der Waals surface area contributed by atoms with Crippen molar-refractivity contribution in [3.63, 3.8) is 0 Å². The van der Waals surface area contributed by atoms with Crippen LogP contribution in [-0.2, 0) is 24.4 Å². The third-order valence-corrected chi connectivity index (χ3v) is 5.91. The summed E-state index contributed by atoms with van der Waals surface area (Å²) in [6.45, 7) is 5.42. The molecule has 0 aliphatic rings. The van der Waals surface area contributed by atoms with Crippen molar-refractivity contribution in [3.05, 3.63) is 48.5 Å². The molecule has 2 aromatic carbocycles. The second kappa shape index (κ2) is 15.2. The van der Waals surface area contributed by atoms with E-state index in [-0.39, 0.29) is 41.2 Å². The molecule has 0 unspecified atom stereocenters. The number of unbranched alkanes of at least 4 members (excludes halogenated alkanes) is 2. The number of carbonyl (C=O) groups is 3. The first-order valence-electron chi connectivity index (χ1n) is 12.0. The lowest BCUT2D eigenvalue weighted by molar-refractivity contribution is -0.114. The smallest absolute Gasteiger partial charge is 0.413 e. The van der Waals surface area contributed by atoms with E-state index in [1.54, 1.807) is 18.2 Å². The van der Waals surface area contributed by atoms with Crippen molar-refractivity contribution in [2.75, 3.05) is 18.5 Å². The van der Waals surface area contributed by atoms with Gasteiger partial charge < -0.3 is 19.0 Å².